The van der Waals surface area contributed by atoms with Gasteiger partial charge in [-0.1, -0.05) is 13.0 Å². The molecule has 0 bridgehead atoms. The summed E-state index contributed by atoms with van der Waals surface area (Å²) in [6.07, 6.45) is 2.26. The summed E-state index contributed by atoms with van der Waals surface area (Å²) in [5, 5.41) is 12.4. The van der Waals surface area contributed by atoms with Crippen molar-refractivity contribution < 1.29 is 14.6 Å². The number of aliphatic hydroxyl groups is 1. The number of benzene rings is 1. The molecule has 0 spiro atoms. The van der Waals surface area contributed by atoms with Crippen molar-refractivity contribution in [1.82, 2.24) is 5.32 Å². The number of hydrogen-bond donors (Lipinski definition) is 2. The second-order valence-electron chi connectivity index (χ2n) is 5.76. The highest BCUT2D eigenvalue weighted by Crippen LogP contribution is 2.28. The van der Waals surface area contributed by atoms with Gasteiger partial charge in [0.15, 0.2) is 11.5 Å². The van der Waals surface area contributed by atoms with Gasteiger partial charge in [-0.05, 0) is 56.8 Å². The van der Waals surface area contributed by atoms with Crippen LogP contribution in [-0.4, -0.2) is 31.5 Å². The third kappa shape index (κ3) is 6.82. The normalized spacial score (nSPS) is 12.5. The Hall–Kier alpha value is -1.26. The van der Waals surface area contributed by atoms with E-state index in [9.17, 15) is 0 Å². The van der Waals surface area contributed by atoms with Crippen LogP contribution in [0.3, 0.4) is 0 Å². The summed E-state index contributed by atoms with van der Waals surface area (Å²) in [5.74, 6) is 1.95. The fourth-order valence-corrected chi connectivity index (χ4v) is 2.07. The molecule has 0 heterocycles. The van der Waals surface area contributed by atoms with Crippen LogP contribution in [0.2, 0.25) is 0 Å². The van der Waals surface area contributed by atoms with E-state index in [1.807, 2.05) is 26.0 Å². The summed E-state index contributed by atoms with van der Waals surface area (Å²) in [6.45, 7) is 8.11. The summed E-state index contributed by atoms with van der Waals surface area (Å²) in [5.41, 5.74) is 1.18. The maximum Gasteiger partial charge on any atom is 0.161 e. The van der Waals surface area contributed by atoms with Gasteiger partial charge in [0, 0.05) is 13.2 Å². The van der Waals surface area contributed by atoms with E-state index < -0.39 is 0 Å². The molecule has 21 heavy (non-hydrogen) atoms. The lowest BCUT2D eigenvalue weighted by Gasteiger charge is -2.15. The van der Waals surface area contributed by atoms with Gasteiger partial charge >= 0.3 is 0 Å². The molecule has 0 radical (unpaired) electrons. The van der Waals surface area contributed by atoms with Crippen LogP contribution in [-0.2, 0) is 6.54 Å². The molecule has 0 aliphatic carbocycles. The van der Waals surface area contributed by atoms with Gasteiger partial charge in [-0.25, -0.2) is 0 Å². The molecule has 1 aromatic carbocycles. The van der Waals surface area contributed by atoms with E-state index >= 15 is 0 Å². The summed E-state index contributed by atoms with van der Waals surface area (Å²) < 4.78 is 11.1. The molecule has 4 nitrogen and oxygen atoms in total. The molecule has 0 saturated heterocycles. The molecule has 0 fully saturated rings. The van der Waals surface area contributed by atoms with E-state index in [1.165, 1.54) is 5.56 Å². The van der Waals surface area contributed by atoms with Gasteiger partial charge in [-0.2, -0.15) is 0 Å². The summed E-state index contributed by atoms with van der Waals surface area (Å²) in [7, 11) is 1.66. The minimum Gasteiger partial charge on any atom is -0.493 e. The van der Waals surface area contributed by atoms with Crippen molar-refractivity contribution in [3.05, 3.63) is 23.8 Å². The fourth-order valence-electron chi connectivity index (χ4n) is 2.07. The minimum absolute atomic E-state index is 0.136. The van der Waals surface area contributed by atoms with Gasteiger partial charge in [-0.3, -0.25) is 0 Å². The zero-order valence-electron chi connectivity index (χ0n) is 13.7. The van der Waals surface area contributed by atoms with Crippen LogP contribution in [0.15, 0.2) is 18.2 Å². The molecule has 4 heteroatoms. The number of hydrogen-bond acceptors (Lipinski definition) is 4. The smallest absolute Gasteiger partial charge is 0.161 e. The molecule has 0 aliphatic rings. The topological polar surface area (TPSA) is 50.7 Å². The Labute approximate surface area is 128 Å². The van der Waals surface area contributed by atoms with Crippen LogP contribution in [0.25, 0.3) is 0 Å². The largest absolute Gasteiger partial charge is 0.493 e. The van der Waals surface area contributed by atoms with E-state index in [4.69, 9.17) is 14.6 Å². The van der Waals surface area contributed by atoms with Crippen LogP contribution in [0, 0.1) is 5.92 Å². The van der Waals surface area contributed by atoms with Crippen molar-refractivity contribution in [3.8, 4) is 11.5 Å². The number of methoxy groups -OCH3 is 1. The predicted octanol–water partition coefficient (Wildman–Crippen LogP) is 2.98. The quantitative estimate of drug-likeness (QED) is 0.652. The van der Waals surface area contributed by atoms with E-state index in [-0.39, 0.29) is 12.7 Å². The molecule has 1 atom stereocenters. The first kappa shape index (κ1) is 17.8. The van der Waals surface area contributed by atoms with E-state index in [0.29, 0.717) is 5.92 Å². The molecule has 1 aromatic rings. The molecule has 2 N–H and O–H groups in total. The van der Waals surface area contributed by atoms with Crippen molar-refractivity contribution in [3.63, 3.8) is 0 Å². The Morgan fingerprint density at radius 1 is 1.19 bits per heavy atom. The highest BCUT2D eigenvalue weighted by Gasteiger charge is 2.07. The third-order valence-corrected chi connectivity index (χ3v) is 3.28. The molecule has 120 valence electrons. The van der Waals surface area contributed by atoms with Gasteiger partial charge in [0.25, 0.3) is 0 Å². The van der Waals surface area contributed by atoms with Crippen molar-refractivity contribution in [2.45, 2.75) is 46.3 Å². The average Bonchev–Trinajstić information content (AvgIpc) is 2.47. The van der Waals surface area contributed by atoms with E-state index in [0.717, 1.165) is 37.4 Å². The van der Waals surface area contributed by atoms with Gasteiger partial charge in [-0.15, -0.1) is 0 Å². The molecule has 1 unspecified atom stereocenters. The molecular weight excluding hydrogens is 266 g/mol. The Balaban J connectivity index is 2.42. The molecule has 0 aliphatic heterocycles. The molecule has 0 aromatic heterocycles. The SMILES string of the molecule is COc1cc(CNCCCC(C)CO)ccc1OC(C)C. The van der Waals surface area contributed by atoms with Crippen molar-refractivity contribution >= 4 is 0 Å². The maximum absolute atomic E-state index is 8.97. The Bertz CT molecular complexity index is 407. The van der Waals surface area contributed by atoms with Crippen LogP contribution < -0.4 is 14.8 Å². The van der Waals surface area contributed by atoms with Crippen LogP contribution in [0.4, 0.5) is 0 Å². The number of aliphatic hydroxyl groups excluding tert-OH is 1. The lowest BCUT2D eigenvalue weighted by Crippen LogP contribution is -2.16. The molecule has 0 amide bonds. The fraction of sp³-hybridized carbons (Fsp3) is 0.647. The highest BCUT2D eigenvalue weighted by molar-refractivity contribution is 5.43. The lowest BCUT2D eigenvalue weighted by molar-refractivity contribution is 0.228. The average molecular weight is 295 g/mol. The first-order chi connectivity index (χ1) is 10.1. The van der Waals surface area contributed by atoms with Crippen LogP contribution in [0.1, 0.15) is 39.2 Å². The third-order valence-electron chi connectivity index (χ3n) is 3.28. The van der Waals surface area contributed by atoms with E-state index in [1.54, 1.807) is 7.11 Å². The highest BCUT2D eigenvalue weighted by atomic mass is 16.5. The molecule has 0 saturated carbocycles. The van der Waals surface area contributed by atoms with Gasteiger partial charge in [0.1, 0.15) is 0 Å². The van der Waals surface area contributed by atoms with Crippen molar-refractivity contribution in [2.75, 3.05) is 20.3 Å². The standard InChI is InChI=1S/C17H29NO3/c1-13(2)21-16-8-7-15(10-17(16)20-4)11-18-9-5-6-14(3)12-19/h7-8,10,13-14,18-19H,5-6,9,11-12H2,1-4H3. The number of ether oxygens (including phenoxy) is 2. The zero-order valence-corrected chi connectivity index (χ0v) is 13.7. The first-order valence-corrected chi connectivity index (χ1v) is 7.72. The van der Waals surface area contributed by atoms with Gasteiger partial charge in [0.05, 0.1) is 13.2 Å². The second kappa shape index (κ2) is 9.64. The first-order valence-electron chi connectivity index (χ1n) is 7.72. The van der Waals surface area contributed by atoms with Crippen molar-refractivity contribution in [2.24, 2.45) is 5.92 Å². The minimum atomic E-state index is 0.136. The Morgan fingerprint density at radius 3 is 2.57 bits per heavy atom. The zero-order chi connectivity index (χ0) is 15.7. The predicted molar refractivity (Wildman–Crippen MR) is 85.9 cm³/mol. The van der Waals surface area contributed by atoms with Crippen LogP contribution in [0.5, 0.6) is 11.5 Å². The van der Waals surface area contributed by atoms with E-state index in [2.05, 4.69) is 18.3 Å². The second-order valence-corrected chi connectivity index (χ2v) is 5.76. The molecule has 1 rings (SSSR count). The molecular formula is C17H29NO3. The Kier molecular flexibility index (Phi) is 8.16. The maximum atomic E-state index is 8.97. The van der Waals surface area contributed by atoms with Crippen molar-refractivity contribution in [1.29, 1.82) is 0 Å². The lowest BCUT2D eigenvalue weighted by atomic mass is 10.1. The summed E-state index contributed by atoms with van der Waals surface area (Å²) in [6, 6.07) is 6.04. The Morgan fingerprint density at radius 2 is 1.95 bits per heavy atom. The number of nitrogens with one attached hydrogen (secondary N) is 1. The van der Waals surface area contributed by atoms with Crippen LogP contribution >= 0.6 is 0 Å². The van der Waals surface area contributed by atoms with Gasteiger partial charge in [0.2, 0.25) is 0 Å². The summed E-state index contributed by atoms with van der Waals surface area (Å²) >= 11 is 0. The number of rotatable bonds is 10. The summed E-state index contributed by atoms with van der Waals surface area (Å²) in [4.78, 5) is 0. The van der Waals surface area contributed by atoms with Gasteiger partial charge < -0.3 is 19.9 Å². The monoisotopic (exact) mass is 295 g/mol.